The highest BCUT2D eigenvalue weighted by molar-refractivity contribution is 7.89. The first-order chi connectivity index (χ1) is 12.6. The average molecular weight is 375 g/mol. The number of hydrogen-bond acceptors (Lipinski definition) is 4. The zero-order valence-corrected chi connectivity index (χ0v) is 15.8. The zero-order valence-electron chi connectivity index (χ0n) is 15.0. The van der Waals surface area contributed by atoms with Gasteiger partial charge < -0.3 is 9.47 Å². The molecule has 2 aromatic rings. The molecule has 5 nitrogen and oxygen atoms in total. The van der Waals surface area contributed by atoms with Crippen molar-refractivity contribution in [2.45, 2.75) is 30.8 Å². The largest absolute Gasteiger partial charge is 0.491 e. The molecule has 0 saturated carbocycles. The van der Waals surface area contributed by atoms with Gasteiger partial charge in [-0.15, -0.1) is 0 Å². The van der Waals surface area contributed by atoms with Gasteiger partial charge in [-0.05, 0) is 43.5 Å². The zero-order chi connectivity index (χ0) is 18.4. The number of ether oxygens (including phenoxy) is 2. The fraction of sp³-hybridized carbons (Fsp3) is 0.400. The smallest absolute Gasteiger partial charge is 0.243 e. The molecule has 0 unspecified atom stereocenters. The Balaban J connectivity index is 1.45. The Bertz CT molecular complexity index is 800. The summed E-state index contributed by atoms with van der Waals surface area (Å²) in [5.41, 5.74) is 0.781. The topological polar surface area (TPSA) is 55.8 Å². The van der Waals surface area contributed by atoms with Gasteiger partial charge in [0.2, 0.25) is 10.0 Å². The molecule has 26 heavy (non-hydrogen) atoms. The molecule has 1 fully saturated rings. The van der Waals surface area contributed by atoms with E-state index >= 15 is 0 Å². The van der Waals surface area contributed by atoms with Crippen molar-refractivity contribution in [3.63, 3.8) is 0 Å². The van der Waals surface area contributed by atoms with Crippen LogP contribution in [0.25, 0.3) is 0 Å². The van der Waals surface area contributed by atoms with Crippen molar-refractivity contribution in [2.24, 2.45) is 0 Å². The number of sulfonamides is 1. The first-order valence-electron chi connectivity index (χ1n) is 8.92. The third kappa shape index (κ3) is 4.63. The summed E-state index contributed by atoms with van der Waals surface area (Å²) < 4.78 is 38.6. The summed E-state index contributed by atoms with van der Waals surface area (Å²) in [6, 6.07) is 16.8. The predicted molar refractivity (Wildman–Crippen MR) is 101 cm³/mol. The first-order valence-corrected chi connectivity index (χ1v) is 10.4. The molecule has 0 N–H and O–H groups in total. The summed E-state index contributed by atoms with van der Waals surface area (Å²) in [6.45, 7) is 3.80. The van der Waals surface area contributed by atoms with E-state index in [1.807, 2.05) is 49.4 Å². The lowest BCUT2D eigenvalue weighted by Crippen LogP contribution is -2.41. The summed E-state index contributed by atoms with van der Waals surface area (Å²) in [5.74, 6) is 0.829. The molecule has 1 aliphatic rings. The number of benzene rings is 2. The summed E-state index contributed by atoms with van der Waals surface area (Å²) in [6.07, 6.45) is 1.49. The molecule has 0 amide bonds. The van der Waals surface area contributed by atoms with E-state index in [1.165, 1.54) is 0 Å². The molecular weight excluding hydrogens is 350 g/mol. The molecule has 2 aromatic carbocycles. The second-order valence-corrected chi connectivity index (χ2v) is 8.31. The van der Waals surface area contributed by atoms with Crippen LogP contribution in [-0.4, -0.2) is 45.1 Å². The monoisotopic (exact) mass is 375 g/mol. The lowest BCUT2D eigenvalue weighted by molar-refractivity contribution is 0.00700. The molecule has 0 spiro atoms. The van der Waals surface area contributed by atoms with E-state index in [9.17, 15) is 8.42 Å². The van der Waals surface area contributed by atoms with Crippen LogP contribution in [0.3, 0.4) is 0 Å². The van der Waals surface area contributed by atoms with Crippen molar-refractivity contribution in [3.05, 3.63) is 60.2 Å². The lowest BCUT2D eigenvalue weighted by Gasteiger charge is -2.31. The van der Waals surface area contributed by atoms with Crippen LogP contribution in [0, 0.1) is 6.92 Å². The van der Waals surface area contributed by atoms with Crippen molar-refractivity contribution in [1.82, 2.24) is 4.31 Å². The highest BCUT2D eigenvalue weighted by atomic mass is 32.2. The van der Waals surface area contributed by atoms with Crippen molar-refractivity contribution in [3.8, 4) is 5.75 Å². The number of piperidine rings is 1. The molecule has 1 aliphatic heterocycles. The van der Waals surface area contributed by atoms with Gasteiger partial charge in [-0.3, -0.25) is 0 Å². The average Bonchev–Trinajstić information content (AvgIpc) is 2.67. The van der Waals surface area contributed by atoms with Crippen molar-refractivity contribution in [2.75, 3.05) is 26.3 Å². The highest BCUT2D eigenvalue weighted by Gasteiger charge is 2.30. The van der Waals surface area contributed by atoms with Gasteiger partial charge in [-0.1, -0.05) is 36.4 Å². The molecule has 0 radical (unpaired) electrons. The van der Waals surface area contributed by atoms with Crippen LogP contribution in [0.15, 0.2) is 59.5 Å². The maximum Gasteiger partial charge on any atom is 0.243 e. The van der Waals surface area contributed by atoms with Crippen LogP contribution < -0.4 is 4.74 Å². The van der Waals surface area contributed by atoms with Gasteiger partial charge in [0.1, 0.15) is 12.4 Å². The van der Waals surface area contributed by atoms with Crippen molar-refractivity contribution < 1.29 is 17.9 Å². The third-order valence-electron chi connectivity index (χ3n) is 4.56. The minimum absolute atomic E-state index is 0.0812. The summed E-state index contributed by atoms with van der Waals surface area (Å²) >= 11 is 0. The van der Waals surface area contributed by atoms with Crippen molar-refractivity contribution >= 4 is 10.0 Å². The third-order valence-corrected chi connectivity index (χ3v) is 6.62. The predicted octanol–water partition coefficient (Wildman–Crippen LogP) is 3.24. The maximum absolute atomic E-state index is 12.8. The fourth-order valence-corrected chi connectivity index (χ4v) is 4.81. The highest BCUT2D eigenvalue weighted by Crippen LogP contribution is 2.24. The summed E-state index contributed by atoms with van der Waals surface area (Å²) in [4.78, 5) is 0.399. The van der Waals surface area contributed by atoms with Gasteiger partial charge >= 0.3 is 0 Å². The van der Waals surface area contributed by atoms with Crippen LogP contribution in [0.1, 0.15) is 18.4 Å². The van der Waals surface area contributed by atoms with Crippen LogP contribution in [-0.2, 0) is 14.8 Å². The molecule has 0 atom stereocenters. The molecule has 6 heteroatoms. The number of aryl methyl sites for hydroxylation is 1. The Morgan fingerprint density at radius 1 is 0.962 bits per heavy atom. The number of hydrogen-bond donors (Lipinski definition) is 0. The molecule has 1 saturated heterocycles. The SMILES string of the molecule is Cc1ccccc1S(=O)(=O)N1CCC(OCCOc2ccccc2)CC1. The van der Waals surface area contributed by atoms with Gasteiger partial charge in [-0.2, -0.15) is 4.31 Å². The second-order valence-electron chi connectivity index (χ2n) is 6.40. The minimum Gasteiger partial charge on any atom is -0.491 e. The van der Waals surface area contributed by atoms with Gasteiger partial charge in [-0.25, -0.2) is 8.42 Å². The quantitative estimate of drug-likeness (QED) is 0.697. The standard InChI is InChI=1S/C20H25NO4S/c1-17-7-5-6-10-20(17)26(22,23)21-13-11-19(12-14-21)25-16-15-24-18-8-3-2-4-9-18/h2-10,19H,11-16H2,1H3. The van der Waals surface area contributed by atoms with E-state index in [0.717, 1.165) is 11.3 Å². The summed E-state index contributed by atoms with van der Waals surface area (Å²) in [5, 5.41) is 0. The normalized spacial score (nSPS) is 16.5. The van der Waals surface area contributed by atoms with Crippen LogP contribution in [0.2, 0.25) is 0 Å². The Kier molecular flexibility index (Phi) is 6.29. The molecular formula is C20H25NO4S. The lowest BCUT2D eigenvalue weighted by atomic mass is 10.1. The van der Waals surface area contributed by atoms with Gasteiger partial charge in [0.05, 0.1) is 17.6 Å². The Labute approximate surface area is 155 Å². The molecule has 0 bridgehead atoms. The van der Waals surface area contributed by atoms with Gasteiger partial charge in [0, 0.05) is 13.1 Å². The number of nitrogens with zero attached hydrogens (tertiary/aromatic N) is 1. The second kappa shape index (κ2) is 8.66. The molecule has 0 aliphatic carbocycles. The molecule has 3 rings (SSSR count). The van der Waals surface area contributed by atoms with Gasteiger partial charge in [0.15, 0.2) is 0 Å². The van der Waals surface area contributed by atoms with Crippen molar-refractivity contribution in [1.29, 1.82) is 0 Å². The molecule has 0 aromatic heterocycles. The van der Waals surface area contributed by atoms with Crippen LogP contribution in [0.4, 0.5) is 0 Å². The van der Waals surface area contributed by atoms with E-state index in [2.05, 4.69) is 0 Å². The van der Waals surface area contributed by atoms with Gasteiger partial charge in [0.25, 0.3) is 0 Å². The fourth-order valence-electron chi connectivity index (χ4n) is 3.12. The van der Waals surface area contributed by atoms with Crippen LogP contribution in [0.5, 0.6) is 5.75 Å². The van der Waals surface area contributed by atoms with E-state index in [1.54, 1.807) is 16.4 Å². The maximum atomic E-state index is 12.8. The van der Waals surface area contributed by atoms with E-state index in [-0.39, 0.29) is 6.10 Å². The Morgan fingerprint density at radius 2 is 1.62 bits per heavy atom. The van der Waals surface area contributed by atoms with E-state index < -0.39 is 10.0 Å². The first kappa shape index (κ1) is 18.9. The van der Waals surface area contributed by atoms with E-state index in [4.69, 9.17) is 9.47 Å². The van der Waals surface area contributed by atoms with E-state index in [0.29, 0.717) is 44.0 Å². The Hall–Kier alpha value is -1.89. The molecule has 1 heterocycles. The minimum atomic E-state index is -3.42. The number of rotatable bonds is 7. The Morgan fingerprint density at radius 3 is 2.31 bits per heavy atom. The molecule has 140 valence electrons. The summed E-state index contributed by atoms with van der Waals surface area (Å²) in [7, 11) is -3.42. The number of para-hydroxylation sites is 1. The van der Waals surface area contributed by atoms with Crippen LogP contribution >= 0.6 is 0 Å².